The van der Waals surface area contributed by atoms with Gasteiger partial charge in [-0.25, -0.2) is 9.97 Å². The van der Waals surface area contributed by atoms with Gasteiger partial charge in [-0.15, -0.1) is 0 Å². The fourth-order valence-corrected chi connectivity index (χ4v) is 2.69. The molecule has 0 unspecified atom stereocenters. The monoisotopic (exact) mass is 269 g/mol. The average molecular weight is 269 g/mol. The van der Waals surface area contributed by atoms with Crippen LogP contribution < -0.4 is 10.1 Å². The van der Waals surface area contributed by atoms with Crippen molar-refractivity contribution in [3.05, 3.63) is 35.5 Å². The summed E-state index contributed by atoms with van der Waals surface area (Å²) in [4.78, 5) is 9.43. The van der Waals surface area contributed by atoms with Crippen molar-refractivity contribution in [3.8, 4) is 17.1 Å². The van der Waals surface area contributed by atoms with Crippen molar-refractivity contribution in [1.82, 2.24) is 9.97 Å². The molecule has 0 radical (unpaired) electrons. The normalized spacial score (nSPS) is 13.7. The largest absolute Gasteiger partial charge is 0.497 e. The molecule has 0 bridgehead atoms. The first-order chi connectivity index (χ1) is 9.81. The summed E-state index contributed by atoms with van der Waals surface area (Å²) in [6, 6.07) is 7.90. The second-order valence-electron chi connectivity index (χ2n) is 5.01. The number of hydrogen-bond acceptors (Lipinski definition) is 4. The third-order valence-corrected chi connectivity index (χ3v) is 3.75. The molecule has 0 saturated heterocycles. The summed E-state index contributed by atoms with van der Waals surface area (Å²) in [5.41, 5.74) is 3.47. The highest BCUT2D eigenvalue weighted by Gasteiger charge is 2.17. The number of nitrogens with zero attached hydrogens (tertiary/aromatic N) is 2. The molecule has 1 aliphatic rings. The number of methoxy groups -OCH3 is 1. The standard InChI is InChI=1S/C16H19N3O/c1-17-16-13-8-3-4-9-14(13)18-15(19-16)11-6-5-7-12(10-11)20-2/h5-7,10H,3-4,8-9H2,1-2H3,(H,17,18,19). The molecule has 4 nitrogen and oxygen atoms in total. The molecule has 0 fully saturated rings. The molecule has 0 amide bonds. The third kappa shape index (κ3) is 2.33. The van der Waals surface area contributed by atoms with Gasteiger partial charge in [-0.05, 0) is 37.8 Å². The van der Waals surface area contributed by atoms with E-state index >= 15 is 0 Å². The van der Waals surface area contributed by atoms with Crippen LogP contribution in [0.5, 0.6) is 5.75 Å². The van der Waals surface area contributed by atoms with Crippen molar-refractivity contribution in [2.24, 2.45) is 0 Å². The van der Waals surface area contributed by atoms with Gasteiger partial charge in [-0.1, -0.05) is 12.1 Å². The van der Waals surface area contributed by atoms with E-state index in [1.54, 1.807) is 7.11 Å². The van der Waals surface area contributed by atoms with Crippen molar-refractivity contribution < 1.29 is 4.74 Å². The molecule has 3 rings (SSSR count). The minimum Gasteiger partial charge on any atom is -0.497 e. The lowest BCUT2D eigenvalue weighted by atomic mass is 9.96. The number of rotatable bonds is 3. The Kier molecular flexibility index (Phi) is 3.54. The van der Waals surface area contributed by atoms with E-state index in [2.05, 4.69) is 10.3 Å². The van der Waals surface area contributed by atoms with Crippen molar-refractivity contribution >= 4 is 5.82 Å². The van der Waals surface area contributed by atoms with Crippen LogP contribution in [0.3, 0.4) is 0 Å². The maximum Gasteiger partial charge on any atom is 0.161 e. The van der Waals surface area contributed by atoms with Crippen molar-refractivity contribution in [2.75, 3.05) is 19.5 Å². The lowest BCUT2D eigenvalue weighted by molar-refractivity contribution is 0.415. The van der Waals surface area contributed by atoms with Gasteiger partial charge in [-0.3, -0.25) is 0 Å². The summed E-state index contributed by atoms with van der Waals surface area (Å²) in [6.07, 6.45) is 4.56. The summed E-state index contributed by atoms with van der Waals surface area (Å²) in [5, 5.41) is 3.21. The number of aromatic nitrogens is 2. The SMILES string of the molecule is CNc1nc(-c2cccc(OC)c2)nc2c1CCCC2. The maximum atomic E-state index is 5.27. The second-order valence-corrected chi connectivity index (χ2v) is 5.01. The quantitative estimate of drug-likeness (QED) is 0.930. The van der Waals surface area contributed by atoms with E-state index in [-0.39, 0.29) is 0 Å². The third-order valence-electron chi connectivity index (χ3n) is 3.75. The van der Waals surface area contributed by atoms with Gasteiger partial charge in [-0.2, -0.15) is 0 Å². The molecule has 0 spiro atoms. The Bertz CT molecular complexity index is 608. The van der Waals surface area contributed by atoms with Crippen molar-refractivity contribution in [3.63, 3.8) is 0 Å². The maximum absolute atomic E-state index is 5.27. The molecular formula is C16H19N3O. The van der Waals surface area contributed by atoms with Crippen LogP contribution in [-0.2, 0) is 12.8 Å². The highest BCUT2D eigenvalue weighted by Crippen LogP contribution is 2.29. The molecule has 0 aliphatic heterocycles. The molecule has 1 aromatic heterocycles. The van der Waals surface area contributed by atoms with Gasteiger partial charge in [0.2, 0.25) is 0 Å². The van der Waals surface area contributed by atoms with Crippen LogP contribution in [0.4, 0.5) is 5.82 Å². The molecule has 20 heavy (non-hydrogen) atoms. The first-order valence-corrected chi connectivity index (χ1v) is 7.04. The highest BCUT2D eigenvalue weighted by molar-refractivity contribution is 5.61. The van der Waals surface area contributed by atoms with E-state index in [4.69, 9.17) is 9.72 Å². The molecule has 0 atom stereocenters. The van der Waals surface area contributed by atoms with Gasteiger partial charge in [0.1, 0.15) is 11.6 Å². The molecule has 1 heterocycles. The van der Waals surface area contributed by atoms with Gasteiger partial charge in [0, 0.05) is 23.9 Å². The Labute approximate surface area is 119 Å². The number of hydrogen-bond donors (Lipinski definition) is 1. The van der Waals surface area contributed by atoms with E-state index in [1.807, 2.05) is 31.3 Å². The highest BCUT2D eigenvalue weighted by atomic mass is 16.5. The van der Waals surface area contributed by atoms with Crippen LogP contribution >= 0.6 is 0 Å². The second kappa shape index (κ2) is 5.49. The molecule has 104 valence electrons. The predicted molar refractivity (Wildman–Crippen MR) is 80.2 cm³/mol. The number of aryl methyl sites for hydroxylation is 1. The van der Waals surface area contributed by atoms with Crippen LogP contribution in [0.15, 0.2) is 24.3 Å². The van der Waals surface area contributed by atoms with Gasteiger partial charge < -0.3 is 10.1 Å². The van der Waals surface area contributed by atoms with E-state index < -0.39 is 0 Å². The zero-order chi connectivity index (χ0) is 13.9. The number of fused-ring (bicyclic) bond motifs is 1. The average Bonchev–Trinajstić information content (AvgIpc) is 2.53. The predicted octanol–water partition coefficient (Wildman–Crippen LogP) is 3.07. The van der Waals surface area contributed by atoms with Gasteiger partial charge in [0.05, 0.1) is 7.11 Å². The van der Waals surface area contributed by atoms with Crippen LogP contribution in [0.2, 0.25) is 0 Å². The topological polar surface area (TPSA) is 47.0 Å². The molecule has 4 heteroatoms. The molecule has 1 aromatic carbocycles. The first-order valence-electron chi connectivity index (χ1n) is 7.04. The molecule has 2 aromatic rings. The van der Waals surface area contributed by atoms with Crippen LogP contribution in [-0.4, -0.2) is 24.1 Å². The lowest BCUT2D eigenvalue weighted by Gasteiger charge is -2.19. The molecule has 1 aliphatic carbocycles. The lowest BCUT2D eigenvalue weighted by Crippen LogP contribution is -2.11. The van der Waals surface area contributed by atoms with Crippen molar-refractivity contribution in [1.29, 1.82) is 0 Å². The minimum absolute atomic E-state index is 0.772. The Morgan fingerprint density at radius 3 is 2.80 bits per heavy atom. The van der Waals surface area contributed by atoms with Gasteiger partial charge in [0.15, 0.2) is 5.82 Å². The summed E-state index contributed by atoms with van der Waals surface area (Å²) < 4.78 is 5.27. The summed E-state index contributed by atoms with van der Waals surface area (Å²) in [6.45, 7) is 0. The van der Waals surface area contributed by atoms with Crippen LogP contribution in [0, 0.1) is 0 Å². The zero-order valence-electron chi connectivity index (χ0n) is 11.9. The van der Waals surface area contributed by atoms with Crippen LogP contribution in [0.25, 0.3) is 11.4 Å². The van der Waals surface area contributed by atoms with E-state index in [9.17, 15) is 0 Å². The Balaban J connectivity index is 2.09. The minimum atomic E-state index is 0.772. The molecular weight excluding hydrogens is 250 g/mol. The molecule has 1 N–H and O–H groups in total. The first kappa shape index (κ1) is 12.9. The molecule has 0 saturated carbocycles. The Hall–Kier alpha value is -2.10. The summed E-state index contributed by atoms with van der Waals surface area (Å²) in [7, 11) is 3.60. The number of ether oxygens (including phenoxy) is 1. The van der Waals surface area contributed by atoms with Gasteiger partial charge in [0.25, 0.3) is 0 Å². The number of anilines is 1. The van der Waals surface area contributed by atoms with E-state index in [1.165, 1.54) is 24.1 Å². The Morgan fingerprint density at radius 2 is 2.00 bits per heavy atom. The summed E-state index contributed by atoms with van der Waals surface area (Å²) >= 11 is 0. The Morgan fingerprint density at radius 1 is 1.15 bits per heavy atom. The van der Waals surface area contributed by atoms with Crippen molar-refractivity contribution in [2.45, 2.75) is 25.7 Å². The number of benzene rings is 1. The number of nitrogens with one attached hydrogen (secondary N) is 1. The smallest absolute Gasteiger partial charge is 0.161 e. The fourth-order valence-electron chi connectivity index (χ4n) is 2.69. The summed E-state index contributed by atoms with van der Waals surface area (Å²) in [5.74, 6) is 2.57. The fraction of sp³-hybridized carbons (Fsp3) is 0.375. The van der Waals surface area contributed by atoms with E-state index in [0.717, 1.165) is 35.8 Å². The van der Waals surface area contributed by atoms with E-state index in [0.29, 0.717) is 0 Å². The van der Waals surface area contributed by atoms with Gasteiger partial charge >= 0.3 is 0 Å². The van der Waals surface area contributed by atoms with Crippen LogP contribution in [0.1, 0.15) is 24.1 Å². The zero-order valence-corrected chi connectivity index (χ0v) is 11.9.